The number of aromatic nitrogens is 3. The number of halogens is 3. The van der Waals surface area contributed by atoms with Gasteiger partial charge in [-0.1, -0.05) is 53.5 Å². The van der Waals surface area contributed by atoms with Crippen molar-refractivity contribution >= 4 is 46.1 Å². The summed E-state index contributed by atoms with van der Waals surface area (Å²) in [4.78, 5) is 4.39. The number of benzene rings is 2. The number of rotatable bonds is 4. The van der Waals surface area contributed by atoms with E-state index in [-0.39, 0.29) is 0 Å². The molecular weight excluding hydrogens is 388 g/mol. The van der Waals surface area contributed by atoms with Gasteiger partial charge in [-0.25, -0.2) is 9.37 Å². The monoisotopic (exact) mass is 399 g/mol. The van der Waals surface area contributed by atoms with Crippen LogP contribution >= 0.6 is 23.2 Å². The summed E-state index contributed by atoms with van der Waals surface area (Å²) in [6.45, 7) is 0. The van der Waals surface area contributed by atoms with E-state index in [1.807, 2.05) is 30.3 Å². The van der Waals surface area contributed by atoms with Crippen molar-refractivity contribution in [1.29, 1.82) is 0 Å². The first-order valence-electron chi connectivity index (χ1n) is 8.08. The van der Waals surface area contributed by atoms with Crippen LogP contribution < -0.4 is 0 Å². The van der Waals surface area contributed by atoms with E-state index in [1.54, 1.807) is 18.2 Å². The van der Waals surface area contributed by atoms with Gasteiger partial charge in [-0.2, -0.15) is 0 Å². The van der Waals surface area contributed by atoms with Crippen LogP contribution in [0.25, 0.3) is 22.9 Å². The lowest BCUT2D eigenvalue weighted by Crippen LogP contribution is -1.95. The minimum absolute atomic E-state index is 0.306. The predicted molar refractivity (Wildman–Crippen MR) is 104 cm³/mol. The van der Waals surface area contributed by atoms with Crippen LogP contribution in [0.2, 0.25) is 10.2 Å². The normalized spacial score (nSPS) is 11.5. The van der Waals surface area contributed by atoms with Crippen LogP contribution in [0.15, 0.2) is 52.9 Å². The molecule has 0 spiro atoms. The molecule has 0 saturated carbocycles. The summed E-state index contributed by atoms with van der Waals surface area (Å²) in [6.07, 6.45) is 3.67. The van der Waals surface area contributed by atoms with Gasteiger partial charge in [0.05, 0.1) is 17.1 Å². The van der Waals surface area contributed by atoms with Crippen molar-refractivity contribution in [3.05, 3.63) is 87.6 Å². The van der Waals surface area contributed by atoms with Crippen molar-refractivity contribution in [2.24, 2.45) is 0 Å². The summed E-state index contributed by atoms with van der Waals surface area (Å²) in [5.41, 5.74) is 1.42. The fourth-order valence-electron chi connectivity index (χ4n) is 2.72. The molecule has 0 atom stereocenters. The zero-order valence-electron chi connectivity index (χ0n) is 13.9. The second-order valence-corrected chi connectivity index (χ2v) is 6.62. The minimum atomic E-state index is -0.390. The Morgan fingerprint density at radius 2 is 1.85 bits per heavy atom. The van der Waals surface area contributed by atoms with Crippen molar-refractivity contribution in [2.75, 3.05) is 0 Å². The molecule has 0 unspecified atom stereocenters. The zero-order valence-corrected chi connectivity index (χ0v) is 15.4. The molecule has 0 amide bonds. The van der Waals surface area contributed by atoms with Crippen LogP contribution in [0.5, 0.6) is 0 Å². The van der Waals surface area contributed by atoms with Gasteiger partial charge >= 0.3 is 0 Å². The fourth-order valence-corrected chi connectivity index (χ4v) is 3.17. The Labute approximate surface area is 164 Å². The van der Waals surface area contributed by atoms with E-state index in [2.05, 4.69) is 15.2 Å². The molecule has 0 N–H and O–H groups in total. The molecule has 0 fully saturated rings. The standard InChI is InChI=1S/C20H12Cl2FN3O/c21-16-10-14(23)7-5-12(16)6-8-19-25-26-20(27-19)11-17-15-4-2-1-3-13(15)9-18(22)24-17/h1-10H,11H2. The maximum atomic E-state index is 13.1. The number of pyridine rings is 1. The first-order valence-corrected chi connectivity index (χ1v) is 8.84. The second kappa shape index (κ2) is 7.47. The summed E-state index contributed by atoms with van der Waals surface area (Å²) in [7, 11) is 0. The smallest absolute Gasteiger partial charge is 0.240 e. The topological polar surface area (TPSA) is 51.8 Å². The molecular formula is C20H12Cl2FN3O. The van der Waals surface area contributed by atoms with Gasteiger partial charge in [0.1, 0.15) is 11.0 Å². The molecule has 4 rings (SSSR count). The van der Waals surface area contributed by atoms with Crippen LogP contribution in [-0.4, -0.2) is 15.2 Å². The molecule has 0 aliphatic carbocycles. The van der Waals surface area contributed by atoms with Crippen LogP contribution in [0.1, 0.15) is 23.0 Å². The van der Waals surface area contributed by atoms with Gasteiger partial charge in [-0.15, -0.1) is 10.2 Å². The average Bonchev–Trinajstić information content (AvgIpc) is 3.08. The van der Waals surface area contributed by atoms with Crippen LogP contribution in [0.4, 0.5) is 4.39 Å². The number of hydrogen-bond donors (Lipinski definition) is 0. The Morgan fingerprint density at radius 1 is 1.00 bits per heavy atom. The SMILES string of the molecule is Fc1ccc(C=Cc2nnc(Cc3nc(Cl)cc4ccccc34)o2)c(Cl)c1. The summed E-state index contributed by atoms with van der Waals surface area (Å²) < 4.78 is 18.7. The molecule has 0 saturated heterocycles. The maximum Gasteiger partial charge on any atom is 0.240 e. The Bertz CT molecular complexity index is 1160. The third-order valence-corrected chi connectivity index (χ3v) is 4.48. The van der Waals surface area contributed by atoms with Gasteiger partial charge in [0.2, 0.25) is 11.8 Å². The first-order chi connectivity index (χ1) is 13.1. The summed E-state index contributed by atoms with van der Waals surface area (Å²) in [5, 5.41) is 10.7. The Kier molecular flexibility index (Phi) is 4.88. The van der Waals surface area contributed by atoms with Gasteiger partial charge in [0, 0.05) is 11.5 Å². The predicted octanol–water partition coefficient (Wildman–Crippen LogP) is 5.82. The molecule has 134 valence electrons. The van der Waals surface area contributed by atoms with Gasteiger partial charge in [0.25, 0.3) is 0 Å². The molecule has 0 aliphatic rings. The molecule has 2 heterocycles. The first kappa shape index (κ1) is 17.6. The van der Waals surface area contributed by atoms with E-state index in [4.69, 9.17) is 27.6 Å². The highest BCUT2D eigenvalue weighted by molar-refractivity contribution is 6.32. The van der Waals surface area contributed by atoms with Crippen molar-refractivity contribution in [1.82, 2.24) is 15.2 Å². The molecule has 27 heavy (non-hydrogen) atoms. The Balaban J connectivity index is 1.58. The highest BCUT2D eigenvalue weighted by atomic mass is 35.5. The van der Waals surface area contributed by atoms with E-state index < -0.39 is 5.82 Å². The van der Waals surface area contributed by atoms with E-state index in [0.717, 1.165) is 16.5 Å². The lowest BCUT2D eigenvalue weighted by molar-refractivity contribution is 0.495. The average molecular weight is 400 g/mol. The van der Waals surface area contributed by atoms with Crippen LogP contribution in [0.3, 0.4) is 0 Å². The second-order valence-electron chi connectivity index (χ2n) is 5.82. The largest absolute Gasteiger partial charge is 0.421 e. The quantitative estimate of drug-likeness (QED) is 0.405. The molecule has 2 aromatic heterocycles. The number of hydrogen-bond acceptors (Lipinski definition) is 4. The van der Waals surface area contributed by atoms with Gasteiger partial charge in [0.15, 0.2) is 0 Å². The molecule has 7 heteroatoms. The molecule has 4 nitrogen and oxygen atoms in total. The summed E-state index contributed by atoms with van der Waals surface area (Å²) in [6, 6.07) is 13.8. The molecule has 4 aromatic rings. The van der Waals surface area contributed by atoms with Gasteiger partial charge < -0.3 is 4.42 Å². The van der Waals surface area contributed by atoms with E-state index >= 15 is 0 Å². The fraction of sp³-hybridized carbons (Fsp3) is 0.0500. The lowest BCUT2D eigenvalue weighted by atomic mass is 10.1. The summed E-state index contributed by atoms with van der Waals surface area (Å²) in [5.74, 6) is 0.343. The third-order valence-electron chi connectivity index (χ3n) is 3.96. The highest BCUT2D eigenvalue weighted by Crippen LogP contribution is 2.23. The van der Waals surface area contributed by atoms with E-state index in [9.17, 15) is 4.39 Å². The molecule has 0 radical (unpaired) electrons. The van der Waals surface area contributed by atoms with Crippen molar-refractivity contribution in [2.45, 2.75) is 6.42 Å². The highest BCUT2D eigenvalue weighted by Gasteiger charge is 2.11. The molecule has 0 aliphatic heterocycles. The number of nitrogens with zero attached hydrogens (tertiary/aromatic N) is 3. The number of fused-ring (bicyclic) bond motifs is 1. The third kappa shape index (κ3) is 3.99. The molecule has 2 aromatic carbocycles. The maximum absolute atomic E-state index is 13.1. The van der Waals surface area contributed by atoms with Crippen molar-refractivity contribution in [3.8, 4) is 0 Å². The van der Waals surface area contributed by atoms with Crippen molar-refractivity contribution < 1.29 is 8.81 Å². The molecule has 0 bridgehead atoms. The van der Waals surface area contributed by atoms with Gasteiger partial charge in [-0.05, 0) is 35.2 Å². The minimum Gasteiger partial charge on any atom is -0.421 e. The summed E-state index contributed by atoms with van der Waals surface area (Å²) >= 11 is 12.1. The van der Waals surface area contributed by atoms with Crippen LogP contribution in [0, 0.1) is 5.82 Å². The zero-order chi connectivity index (χ0) is 18.8. The van der Waals surface area contributed by atoms with E-state index in [1.165, 1.54) is 12.1 Å². The van der Waals surface area contributed by atoms with Crippen LogP contribution in [-0.2, 0) is 6.42 Å². The lowest BCUT2D eigenvalue weighted by Gasteiger charge is -2.04. The Morgan fingerprint density at radius 3 is 2.70 bits per heavy atom. The van der Waals surface area contributed by atoms with Gasteiger partial charge in [-0.3, -0.25) is 0 Å². The van der Waals surface area contributed by atoms with E-state index in [0.29, 0.717) is 33.9 Å². The Hall–Kier alpha value is -2.76. The van der Waals surface area contributed by atoms with Crippen molar-refractivity contribution in [3.63, 3.8) is 0 Å².